The minimum atomic E-state index is -0.475. The molecule has 1 aliphatic heterocycles. The van der Waals surface area contributed by atoms with E-state index in [1.165, 1.54) is 16.8 Å². The lowest BCUT2D eigenvalue weighted by Crippen LogP contribution is -2.44. The van der Waals surface area contributed by atoms with Gasteiger partial charge in [0.05, 0.1) is 29.0 Å². The van der Waals surface area contributed by atoms with Crippen molar-refractivity contribution >= 4 is 11.6 Å². The first-order valence-corrected chi connectivity index (χ1v) is 7.55. The van der Waals surface area contributed by atoms with Crippen LogP contribution in [0.3, 0.4) is 0 Å². The third-order valence-corrected chi connectivity index (χ3v) is 3.91. The Labute approximate surface area is 138 Å². The number of carbonyl (C=O) groups is 1. The number of carbonyl (C=O) groups excluding carboxylic acids is 1. The van der Waals surface area contributed by atoms with Crippen LogP contribution in [0.15, 0.2) is 24.3 Å². The molecule has 1 aliphatic rings. The number of nitrogens with zero attached hydrogens (tertiary/aromatic N) is 5. The van der Waals surface area contributed by atoms with Crippen molar-refractivity contribution in [1.82, 2.24) is 19.9 Å². The number of benzene rings is 1. The Balaban J connectivity index is 1.90. The molecule has 2 heterocycles. The van der Waals surface area contributed by atoms with E-state index in [1.807, 2.05) is 6.92 Å². The molecule has 1 atom stereocenters. The summed E-state index contributed by atoms with van der Waals surface area (Å²) in [5, 5.41) is 18.9. The van der Waals surface area contributed by atoms with Crippen LogP contribution in [0.4, 0.5) is 5.69 Å². The second-order valence-corrected chi connectivity index (χ2v) is 5.64. The molecular weight excluding hydrogens is 314 g/mol. The predicted octanol–water partition coefficient (Wildman–Crippen LogP) is 1.34. The molecule has 9 heteroatoms. The van der Waals surface area contributed by atoms with Crippen LogP contribution in [0.2, 0.25) is 0 Å². The maximum Gasteiger partial charge on any atom is 0.276 e. The molecule has 1 amide bonds. The molecule has 0 aliphatic carbocycles. The summed E-state index contributed by atoms with van der Waals surface area (Å²) < 4.78 is 6.87. The highest BCUT2D eigenvalue weighted by Gasteiger charge is 2.27. The molecule has 126 valence electrons. The second-order valence-electron chi connectivity index (χ2n) is 5.64. The highest BCUT2D eigenvalue weighted by atomic mass is 16.6. The summed E-state index contributed by atoms with van der Waals surface area (Å²) in [6, 6.07) is 6.04. The van der Waals surface area contributed by atoms with Crippen LogP contribution in [-0.2, 0) is 4.74 Å². The zero-order chi connectivity index (χ0) is 17.3. The zero-order valence-electron chi connectivity index (χ0n) is 13.4. The fourth-order valence-electron chi connectivity index (χ4n) is 2.66. The number of nitro groups is 1. The SMILES string of the molecule is Cc1c(C(=O)N2CCOC(C)C2)nnn1-c1cccc([N+](=O)[O-])c1. The Kier molecular flexibility index (Phi) is 4.26. The van der Waals surface area contributed by atoms with Gasteiger partial charge in [-0.15, -0.1) is 5.10 Å². The van der Waals surface area contributed by atoms with E-state index in [9.17, 15) is 14.9 Å². The number of aromatic nitrogens is 3. The van der Waals surface area contributed by atoms with E-state index in [4.69, 9.17) is 4.74 Å². The van der Waals surface area contributed by atoms with Gasteiger partial charge in [-0.2, -0.15) is 0 Å². The topological polar surface area (TPSA) is 103 Å². The third-order valence-electron chi connectivity index (χ3n) is 3.91. The van der Waals surface area contributed by atoms with E-state index >= 15 is 0 Å². The molecule has 0 N–H and O–H groups in total. The highest BCUT2D eigenvalue weighted by molar-refractivity contribution is 5.93. The van der Waals surface area contributed by atoms with Crippen LogP contribution in [0, 0.1) is 17.0 Å². The molecule has 1 aromatic carbocycles. The molecule has 1 unspecified atom stereocenters. The summed E-state index contributed by atoms with van der Waals surface area (Å²) in [7, 11) is 0. The lowest BCUT2D eigenvalue weighted by Gasteiger charge is -2.30. The van der Waals surface area contributed by atoms with E-state index in [0.717, 1.165) is 0 Å². The van der Waals surface area contributed by atoms with Gasteiger partial charge in [0.2, 0.25) is 0 Å². The van der Waals surface area contributed by atoms with Crippen LogP contribution in [-0.4, -0.2) is 56.5 Å². The van der Waals surface area contributed by atoms with Crippen LogP contribution >= 0.6 is 0 Å². The fourth-order valence-corrected chi connectivity index (χ4v) is 2.66. The first-order valence-electron chi connectivity index (χ1n) is 7.55. The van der Waals surface area contributed by atoms with Gasteiger partial charge < -0.3 is 9.64 Å². The molecular formula is C15H17N5O4. The summed E-state index contributed by atoms with van der Waals surface area (Å²) in [5.41, 5.74) is 1.23. The minimum Gasteiger partial charge on any atom is -0.375 e. The first-order chi connectivity index (χ1) is 11.5. The Morgan fingerprint density at radius 1 is 1.46 bits per heavy atom. The standard InChI is InChI=1S/C15H17N5O4/c1-10-9-18(6-7-24-10)15(21)14-11(2)19(17-16-14)12-4-3-5-13(8-12)20(22)23/h3-5,8,10H,6-7,9H2,1-2H3. The summed E-state index contributed by atoms with van der Waals surface area (Å²) in [5.74, 6) is -0.209. The second kappa shape index (κ2) is 6.36. The molecule has 1 fully saturated rings. The van der Waals surface area contributed by atoms with Gasteiger partial charge in [0, 0.05) is 25.2 Å². The molecule has 9 nitrogen and oxygen atoms in total. The molecule has 1 saturated heterocycles. The lowest BCUT2D eigenvalue weighted by atomic mass is 10.2. The number of rotatable bonds is 3. The van der Waals surface area contributed by atoms with Gasteiger partial charge in [0.25, 0.3) is 11.6 Å². The molecule has 0 bridgehead atoms. The third kappa shape index (κ3) is 2.98. The van der Waals surface area contributed by atoms with Gasteiger partial charge >= 0.3 is 0 Å². The van der Waals surface area contributed by atoms with Crippen LogP contribution in [0.25, 0.3) is 5.69 Å². The van der Waals surface area contributed by atoms with Crippen LogP contribution < -0.4 is 0 Å². The molecule has 0 spiro atoms. The number of ether oxygens (including phenoxy) is 1. The quantitative estimate of drug-likeness (QED) is 0.621. The average Bonchev–Trinajstić information content (AvgIpc) is 2.96. The fraction of sp³-hybridized carbons (Fsp3) is 0.400. The Morgan fingerprint density at radius 2 is 2.25 bits per heavy atom. The number of morpholine rings is 1. The van der Waals surface area contributed by atoms with Gasteiger partial charge in [0.1, 0.15) is 0 Å². The summed E-state index contributed by atoms with van der Waals surface area (Å²) in [6.07, 6.45) is -0.0187. The Bertz CT molecular complexity index is 788. The van der Waals surface area contributed by atoms with Gasteiger partial charge in [-0.3, -0.25) is 14.9 Å². The largest absolute Gasteiger partial charge is 0.375 e. The van der Waals surface area contributed by atoms with E-state index in [2.05, 4.69) is 10.3 Å². The normalized spacial score (nSPS) is 17.8. The summed E-state index contributed by atoms with van der Waals surface area (Å²) >= 11 is 0. The molecule has 3 rings (SSSR count). The van der Waals surface area contributed by atoms with Crippen molar-refractivity contribution in [3.8, 4) is 5.69 Å². The number of nitro benzene ring substituents is 1. The number of non-ortho nitro benzene ring substituents is 1. The van der Waals surface area contributed by atoms with Crippen LogP contribution in [0.1, 0.15) is 23.1 Å². The Hall–Kier alpha value is -2.81. The monoisotopic (exact) mass is 331 g/mol. The van der Waals surface area contributed by atoms with Crippen LogP contribution in [0.5, 0.6) is 0 Å². The maximum absolute atomic E-state index is 12.6. The summed E-state index contributed by atoms with van der Waals surface area (Å²) in [4.78, 5) is 24.7. The maximum atomic E-state index is 12.6. The first kappa shape index (κ1) is 16.1. The molecule has 1 aromatic heterocycles. The van der Waals surface area contributed by atoms with Gasteiger partial charge in [-0.25, -0.2) is 4.68 Å². The van der Waals surface area contributed by atoms with E-state index in [0.29, 0.717) is 31.1 Å². The van der Waals surface area contributed by atoms with E-state index < -0.39 is 4.92 Å². The average molecular weight is 331 g/mol. The number of amides is 1. The van der Waals surface area contributed by atoms with Crippen molar-refractivity contribution in [2.45, 2.75) is 20.0 Å². The van der Waals surface area contributed by atoms with Crippen molar-refractivity contribution in [3.05, 3.63) is 45.8 Å². The predicted molar refractivity (Wildman–Crippen MR) is 84.1 cm³/mol. The van der Waals surface area contributed by atoms with Crippen molar-refractivity contribution in [2.24, 2.45) is 0 Å². The molecule has 24 heavy (non-hydrogen) atoms. The van der Waals surface area contributed by atoms with Crippen molar-refractivity contribution < 1.29 is 14.5 Å². The Morgan fingerprint density at radius 3 is 2.96 bits per heavy atom. The van der Waals surface area contributed by atoms with Crippen molar-refractivity contribution in [3.63, 3.8) is 0 Å². The van der Waals surface area contributed by atoms with E-state index in [-0.39, 0.29) is 23.4 Å². The van der Waals surface area contributed by atoms with Crippen molar-refractivity contribution in [1.29, 1.82) is 0 Å². The number of hydrogen-bond donors (Lipinski definition) is 0. The smallest absolute Gasteiger partial charge is 0.276 e. The van der Waals surface area contributed by atoms with Gasteiger partial charge in [-0.1, -0.05) is 11.3 Å². The molecule has 0 saturated carbocycles. The molecule has 0 radical (unpaired) electrons. The highest BCUT2D eigenvalue weighted by Crippen LogP contribution is 2.19. The van der Waals surface area contributed by atoms with E-state index in [1.54, 1.807) is 24.0 Å². The molecule has 2 aromatic rings. The number of hydrogen-bond acceptors (Lipinski definition) is 6. The van der Waals surface area contributed by atoms with Crippen molar-refractivity contribution in [2.75, 3.05) is 19.7 Å². The van der Waals surface area contributed by atoms with Gasteiger partial charge in [0.15, 0.2) is 5.69 Å². The lowest BCUT2D eigenvalue weighted by molar-refractivity contribution is -0.384. The van der Waals surface area contributed by atoms with Gasteiger partial charge in [-0.05, 0) is 19.9 Å². The summed E-state index contributed by atoms with van der Waals surface area (Å²) in [6.45, 7) is 5.13. The minimum absolute atomic E-state index is 0.0187. The zero-order valence-corrected chi connectivity index (χ0v) is 13.4.